The van der Waals surface area contributed by atoms with Crippen LogP contribution in [0.4, 0.5) is 14.5 Å². The Labute approximate surface area is 92.1 Å². The van der Waals surface area contributed by atoms with Crippen molar-refractivity contribution in [3.8, 4) is 6.07 Å². The molecule has 0 saturated heterocycles. The molecule has 0 atom stereocenters. The van der Waals surface area contributed by atoms with E-state index in [0.717, 1.165) is 0 Å². The van der Waals surface area contributed by atoms with E-state index in [1.807, 2.05) is 0 Å². The first-order valence-electron chi connectivity index (χ1n) is 3.99. The van der Waals surface area contributed by atoms with Crippen molar-refractivity contribution in [2.24, 2.45) is 0 Å². The minimum absolute atomic E-state index is 0.437. The molecule has 1 aromatic heterocycles. The summed E-state index contributed by atoms with van der Waals surface area (Å²) in [6, 6.07) is 1.29. The fraction of sp³-hybridized carbons (Fsp3) is 0.125. The third-order valence-electron chi connectivity index (χ3n) is 1.83. The molecule has 1 aromatic rings. The molecule has 0 unspecified atom stereocenters. The van der Waals surface area contributed by atoms with Crippen molar-refractivity contribution >= 4 is 11.7 Å². The van der Waals surface area contributed by atoms with Gasteiger partial charge in [0.2, 0.25) is 0 Å². The Morgan fingerprint density at radius 1 is 1.65 bits per heavy atom. The second-order valence-electron chi connectivity index (χ2n) is 2.76. The van der Waals surface area contributed by atoms with Crippen LogP contribution in [0, 0.1) is 21.4 Å². The predicted octanol–water partition coefficient (Wildman–Crippen LogP) is 1.50. The molecule has 0 amide bonds. The number of carboxylic acids is 1. The maximum atomic E-state index is 12.6. The summed E-state index contributed by atoms with van der Waals surface area (Å²) >= 11 is 0. The minimum atomic E-state index is -3.39. The van der Waals surface area contributed by atoms with Crippen molar-refractivity contribution in [3.05, 3.63) is 33.1 Å². The molecule has 17 heavy (non-hydrogen) atoms. The van der Waals surface area contributed by atoms with Crippen LogP contribution in [0.5, 0.6) is 0 Å². The first-order valence-corrected chi connectivity index (χ1v) is 3.99. The van der Waals surface area contributed by atoms with Crippen molar-refractivity contribution in [1.82, 2.24) is 4.98 Å². The molecule has 0 aromatic carbocycles. The Morgan fingerprint density at radius 3 is 2.59 bits per heavy atom. The maximum absolute atomic E-state index is 12.6. The molecule has 0 aliphatic rings. The first-order chi connectivity index (χ1) is 7.90. The van der Waals surface area contributed by atoms with Crippen LogP contribution in [0.3, 0.4) is 0 Å². The van der Waals surface area contributed by atoms with E-state index in [1.165, 1.54) is 6.07 Å². The van der Waals surface area contributed by atoms with Gasteiger partial charge >= 0.3 is 5.97 Å². The zero-order valence-corrected chi connectivity index (χ0v) is 7.92. The molecule has 0 bridgehead atoms. The molecule has 9 heteroatoms. The fourth-order valence-corrected chi connectivity index (χ4v) is 1.18. The smallest absolute Gasteiger partial charge is 0.339 e. The van der Waals surface area contributed by atoms with Crippen molar-refractivity contribution in [2.75, 3.05) is 0 Å². The van der Waals surface area contributed by atoms with Gasteiger partial charge in [0.1, 0.15) is 23.4 Å². The second kappa shape index (κ2) is 4.48. The summed E-state index contributed by atoms with van der Waals surface area (Å²) in [6.45, 7) is 0. The SMILES string of the molecule is N#Cc1ncc([N+](=O)[O-])c(C(F)F)c1C(=O)O. The van der Waals surface area contributed by atoms with Gasteiger partial charge in [-0.15, -0.1) is 0 Å². The zero-order chi connectivity index (χ0) is 13.2. The number of pyridine rings is 1. The van der Waals surface area contributed by atoms with Crippen LogP contribution in [-0.2, 0) is 0 Å². The lowest BCUT2D eigenvalue weighted by atomic mass is 10.1. The highest BCUT2D eigenvalue weighted by Gasteiger charge is 2.32. The molecular weight excluding hydrogens is 240 g/mol. The van der Waals surface area contributed by atoms with E-state index < -0.39 is 39.8 Å². The Hall–Kier alpha value is -2.63. The number of nitro groups is 1. The summed E-state index contributed by atoms with van der Waals surface area (Å²) in [5.74, 6) is -1.87. The number of hydrogen-bond donors (Lipinski definition) is 1. The lowest BCUT2D eigenvalue weighted by Gasteiger charge is -2.06. The van der Waals surface area contributed by atoms with Gasteiger partial charge in [-0.25, -0.2) is 18.6 Å². The third-order valence-corrected chi connectivity index (χ3v) is 1.83. The van der Waals surface area contributed by atoms with Gasteiger partial charge in [0, 0.05) is 0 Å². The highest BCUT2D eigenvalue weighted by molar-refractivity contribution is 5.93. The summed E-state index contributed by atoms with van der Waals surface area (Å²) in [7, 11) is 0. The molecule has 7 nitrogen and oxygen atoms in total. The van der Waals surface area contributed by atoms with E-state index in [4.69, 9.17) is 10.4 Å². The van der Waals surface area contributed by atoms with Gasteiger partial charge in [-0.05, 0) is 0 Å². The topological polar surface area (TPSA) is 117 Å². The normalized spacial score (nSPS) is 10.0. The Balaban J connectivity index is 3.73. The van der Waals surface area contributed by atoms with Crippen molar-refractivity contribution < 1.29 is 23.6 Å². The predicted molar refractivity (Wildman–Crippen MR) is 47.5 cm³/mol. The molecule has 0 spiro atoms. The summed E-state index contributed by atoms with van der Waals surface area (Å²) in [4.78, 5) is 23.2. The maximum Gasteiger partial charge on any atom is 0.339 e. The largest absolute Gasteiger partial charge is 0.478 e. The van der Waals surface area contributed by atoms with Gasteiger partial charge in [-0.1, -0.05) is 0 Å². The zero-order valence-electron chi connectivity index (χ0n) is 7.92. The van der Waals surface area contributed by atoms with Crippen LogP contribution < -0.4 is 0 Å². The lowest BCUT2D eigenvalue weighted by Crippen LogP contribution is -2.11. The molecule has 0 fully saturated rings. The summed E-state index contributed by atoms with van der Waals surface area (Å²) in [5.41, 5.74) is -4.37. The Bertz CT molecular complexity index is 538. The van der Waals surface area contributed by atoms with Crippen LogP contribution in [0.25, 0.3) is 0 Å². The number of halogens is 2. The number of carboxylic acid groups (broad SMARTS) is 1. The number of rotatable bonds is 3. The van der Waals surface area contributed by atoms with Crippen LogP contribution in [0.15, 0.2) is 6.20 Å². The molecule has 0 saturated carbocycles. The number of carbonyl (C=O) groups is 1. The highest BCUT2D eigenvalue weighted by atomic mass is 19.3. The number of aromatic carboxylic acids is 1. The monoisotopic (exact) mass is 243 g/mol. The number of nitriles is 1. The van der Waals surface area contributed by atoms with E-state index in [9.17, 15) is 23.7 Å². The second-order valence-corrected chi connectivity index (χ2v) is 2.76. The molecular formula is C8H3F2N3O4. The Morgan fingerprint density at radius 2 is 2.24 bits per heavy atom. The van der Waals surface area contributed by atoms with Crippen LogP contribution in [0.2, 0.25) is 0 Å². The molecule has 0 aliphatic carbocycles. The molecule has 1 heterocycles. The van der Waals surface area contributed by atoms with Crippen LogP contribution in [-0.4, -0.2) is 21.0 Å². The van der Waals surface area contributed by atoms with Crippen molar-refractivity contribution in [2.45, 2.75) is 6.43 Å². The molecule has 1 N–H and O–H groups in total. The fourth-order valence-electron chi connectivity index (χ4n) is 1.18. The van der Waals surface area contributed by atoms with Crippen molar-refractivity contribution in [1.29, 1.82) is 5.26 Å². The average molecular weight is 243 g/mol. The summed E-state index contributed by atoms with van der Waals surface area (Å²) < 4.78 is 25.2. The van der Waals surface area contributed by atoms with Crippen LogP contribution in [0.1, 0.15) is 28.0 Å². The first kappa shape index (κ1) is 12.4. The van der Waals surface area contributed by atoms with E-state index in [-0.39, 0.29) is 0 Å². The van der Waals surface area contributed by atoms with Gasteiger partial charge in [0.25, 0.3) is 12.1 Å². The molecule has 0 aliphatic heterocycles. The standard InChI is InChI=1S/C8H3F2N3O4/c9-7(10)6-4(13(16)17)2-12-3(1-11)5(6)8(14)15/h2,7H,(H,14,15). The van der Waals surface area contributed by atoms with E-state index in [1.54, 1.807) is 0 Å². The van der Waals surface area contributed by atoms with E-state index in [2.05, 4.69) is 4.98 Å². The number of alkyl halides is 2. The van der Waals surface area contributed by atoms with E-state index >= 15 is 0 Å². The quantitative estimate of drug-likeness (QED) is 0.634. The minimum Gasteiger partial charge on any atom is -0.478 e. The lowest BCUT2D eigenvalue weighted by molar-refractivity contribution is -0.386. The number of aromatic nitrogens is 1. The summed E-state index contributed by atoms with van der Waals surface area (Å²) in [5, 5.41) is 27.7. The summed E-state index contributed by atoms with van der Waals surface area (Å²) in [6.07, 6.45) is -2.96. The Kier molecular flexibility index (Phi) is 3.28. The third kappa shape index (κ3) is 2.15. The van der Waals surface area contributed by atoms with Crippen LogP contribution >= 0.6 is 0 Å². The molecule has 0 radical (unpaired) electrons. The van der Waals surface area contributed by atoms with Gasteiger partial charge in [0.05, 0.1) is 4.92 Å². The number of hydrogen-bond acceptors (Lipinski definition) is 5. The molecule has 88 valence electrons. The van der Waals surface area contributed by atoms with Gasteiger partial charge in [-0.3, -0.25) is 10.1 Å². The highest BCUT2D eigenvalue weighted by Crippen LogP contribution is 2.32. The van der Waals surface area contributed by atoms with Gasteiger partial charge < -0.3 is 5.11 Å². The number of nitrogens with zero attached hydrogens (tertiary/aromatic N) is 3. The average Bonchev–Trinajstić information content (AvgIpc) is 2.26. The van der Waals surface area contributed by atoms with Crippen molar-refractivity contribution in [3.63, 3.8) is 0 Å². The van der Waals surface area contributed by atoms with Gasteiger partial charge in [-0.2, -0.15) is 5.26 Å². The molecule has 1 rings (SSSR count). The van der Waals surface area contributed by atoms with Gasteiger partial charge in [0.15, 0.2) is 5.69 Å². The van der Waals surface area contributed by atoms with E-state index in [0.29, 0.717) is 6.20 Å².